The van der Waals surface area contributed by atoms with Gasteiger partial charge in [-0.2, -0.15) is 0 Å². The van der Waals surface area contributed by atoms with E-state index in [1.807, 2.05) is 0 Å². The van der Waals surface area contributed by atoms with E-state index < -0.39 is 64.7 Å². The number of nitro groups is 4. The second-order valence-corrected chi connectivity index (χ2v) is 11.5. The molecular weight excluding hydrogens is 516 g/mol. The summed E-state index contributed by atoms with van der Waals surface area (Å²) in [5.41, 5.74) is -4.82. The number of carboxylic acid groups (broad SMARTS) is 1. The topological polar surface area (TPSA) is 210 Å². The Morgan fingerprint density at radius 1 is 0.692 bits per heavy atom. The van der Waals surface area contributed by atoms with E-state index in [2.05, 4.69) is 0 Å². The van der Waals surface area contributed by atoms with Crippen LogP contribution in [-0.4, -0.2) is 30.8 Å². The molecule has 4 aliphatic carbocycles. The van der Waals surface area contributed by atoms with E-state index in [9.17, 15) is 50.4 Å². The highest BCUT2D eigenvalue weighted by Crippen LogP contribution is 2.71. The minimum atomic E-state index is -1.30. The van der Waals surface area contributed by atoms with E-state index in [0.717, 1.165) is 0 Å². The highest BCUT2D eigenvalue weighted by atomic mass is 16.6. The maximum absolute atomic E-state index is 12.8. The van der Waals surface area contributed by atoms with Gasteiger partial charge in [0.05, 0.1) is 25.1 Å². The molecule has 2 atom stereocenters. The number of aliphatic carboxylic acids is 1. The molecule has 0 radical (unpaired) electrons. The fourth-order valence-corrected chi connectivity index (χ4v) is 8.06. The lowest BCUT2D eigenvalue weighted by Crippen LogP contribution is -2.62. The lowest BCUT2D eigenvalue weighted by atomic mass is 9.37. The molecule has 1 N–H and O–H groups in total. The lowest BCUT2D eigenvalue weighted by Gasteiger charge is -2.65. The SMILES string of the molecule is Cc1c([N+](=O)[O-])cc(C23CC4CC(C(=O)O)(C2)CC(c2cc([N+](=O)[O-])c(C)c([N+](=O)[O-])c2)(C4)C3)cc1[N+](=O)[O-]. The largest absolute Gasteiger partial charge is 0.481 e. The van der Waals surface area contributed by atoms with Crippen molar-refractivity contribution in [2.75, 3.05) is 0 Å². The number of rotatable bonds is 7. The smallest absolute Gasteiger partial charge is 0.309 e. The zero-order valence-corrected chi connectivity index (χ0v) is 21.0. The minimum Gasteiger partial charge on any atom is -0.481 e. The minimum absolute atomic E-state index is 0.0843. The molecule has 4 aliphatic rings. The maximum Gasteiger partial charge on any atom is 0.309 e. The van der Waals surface area contributed by atoms with Gasteiger partial charge in [-0.15, -0.1) is 0 Å². The zero-order chi connectivity index (χ0) is 28.7. The van der Waals surface area contributed by atoms with Crippen LogP contribution in [0.4, 0.5) is 22.7 Å². The van der Waals surface area contributed by atoms with Gasteiger partial charge in [-0.3, -0.25) is 45.3 Å². The van der Waals surface area contributed by atoms with Crippen LogP contribution in [0, 0.1) is 65.6 Å². The third-order valence-electron chi connectivity index (χ3n) is 9.24. The fourth-order valence-electron chi connectivity index (χ4n) is 8.06. The van der Waals surface area contributed by atoms with Gasteiger partial charge in [-0.05, 0) is 80.2 Å². The molecule has 204 valence electrons. The summed E-state index contributed by atoms with van der Waals surface area (Å²) in [6.45, 7) is 2.56. The molecular formula is C25H24N4O10. The lowest BCUT2D eigenvalue weighted by molar-refractivity contribution is -0.395. The summed E-state index contributed by atoms with van der Waals surface area (Å²) in [4.78, 5) is 57.3. The third-order valence-corrected chi connectivity index (χ3v) is 9.24. The van der Waals surface area contributed by atoms with Crippen molar-refractivity contribution in [3.63, 3.8) is 0 Å². The Kier molecular flexibility index (Phi) is 5.53. The zero-order valence-electron chi connectivity index (χ0n) is 21.0. The molecule has 14 nitrogen and oxygen atoms in total. The Hall–Kier alpha value is -4.49. The fraction of sp³-hybridized carbons (Fsp3) is 0.480. The van der Waals surface area contributed by atoms with Crippen molar-refractivity contribution in [3.8, 4) is 0 Å². The quantitative estimate of drug-likeness (QED) is 0.359. The molecule has 6 rings (SSSR count). The van der Waals surface area contributed by atoms with Crippen LogP contribution in [-0.2, 0) is 15.6 Å². The second-order valence-electron chi connectivity index (χ2n) is 11.5. The summed E-state index contributed by atoms with van der Waals surface area (Å²) in [5.74, 6) is -1.30. The average Bonchev–Trinajstić information content (AvgIpc) is 2.82. The Morgan fingerprint density at radius 2 is 1.03 bits per heavy atom. The van der Waals surface area contributed by atoms with Crippen LogP contribution in [0.3, 0.4) is 0 Å². The van der Waals surface area contributed by atoms with E-state index in [1.54, 1.807) is 0 Å². The predicted molar refractivity (Wildman–Crippen MR) is 134 cm³/mol. The number of hydrogen-bond acceptors (Lipinski definition) is 9. The Bertz CT molecular complexity index is 1350. The molecule has 2 aromatic rings. The maximum atomic E-state index is 12.8. The first-order valence-electron chi connectivity index (χ1n) is 12.2. The number of nitrogens with zero attached hydrogens (tertiary/aromatic N) is 4. The van der Waals surface area contributed by atoms with Gasteiger partial charge in [-0.25, -0.2) is 0 Å². The van der Waals surface area contributed by atoms with E-state index in [4.69, 9.17) is 0 Å². The summed E-state index contributed by atoms with van der Waals surface area (Å²) in [5, 5.41) is 57.7. The molecule has 2 unspecified atom stereocenters. The van der Waals surface area contributed by atoms with Gasteiger partial charge in [0.15, 0.2) is 0 Å². The number of carbonyl (C=O) groups is 1. The molecule has 4 fully saturated rings. The summed E-state index contributed by atoms with van der Waals surface area (Å²) >= 11 is 0. The van der Waals surface area contributed by atoms with Gasteiger partial charge in [0.25, 0.3) is 22.7 Å². The van der Waals surface area contributed by atoms with Gasteiger partial charge in [0.2, 0.25) is 0 Å². The van der Waals surface area contributed by atoms with Crippen LogP contribution in [0.15, 0.2) is 24.3 Å². The standard InChI is InChI=1S/C25H24N4O10/c1-13-18(26(32)33)3-16(4-19(13)27(34)35)23-7-15-8-24(10-23,12-25(9-15,11-23)22(30)31)17-5-20(28(36)37)14(2)21(6-17)29(38)39/h3-6,15H,7-12H2,1-2H3,(H,30,31). The number of nitro benzene ring substituents is 4. The molecule has 2 aromatic carbocycles. The number of benzene rings is 2. The molecule has 0 heterocycles. The van der Waals surface area contributed by atoms with E-state index in [-0.39, 0.29) is 47.4 Å². The Labute approximate surface area is 220 Å². The van der Waals surface area contributed by atoms with Crippen LogP contribution in [0.2, 0.25) is 0 Å². The molecule has 0 amide bonds. The van der Waals surface area contributed by atoms with Crippen molar-refractivity contribution in [1.29, 1.82) is 0 Å². The summed E-state index contributed by atoms with van der Waals surface area (Å²) in [6.07, 6.45) is 1.54. The summed E-state index contributed by atoms with van der Waals surface area (Å²) in [6, 6.07) is 5.11. The van der Waals surface area contributed by atoms with Crippen LogP contribution >= 0.6 is 0 Å². The highest BCUT2D eigenvalue weighted by molar-refractivity contribution is 5.77. The van der Waals surface area contributed by atoms with Crippen LogP contribution in [0.1, 0.15) is 60.8 Å². The van der Waals surface area contributed by atoms with Crippen molar-refractivity contribution < 1.29 is 29.6 Å². The molecule has 0 saturated heterocycles. The van der Waals surface area contributed by atoms with Gasteiger partial charge in [0, 0.05) is 24.3 Å². The van der Waals surface area contributed by atoms with E-state index >= 15 is 0 Å². The second kappa shape index (κ2) is 8.25. The molecule has 0 aliphatic heterocycles. The van der Waals surface area contributed by atoms with Crippen molar-refractivity contribution in [3.05, 3.63) is 87.0 Å². The average molecular weight is 540 g/mol. The predicted octanol–water partition coefficient (Wildman–Crippen LogP) is 5.18. The van der Waals surface area contributed by atoms with Crippen molar-refractivity contribution in [2.45, 2.75) is 63.2 Å². The third kappa shape index (κ3) is 3.72. The van der Waals surface area contributed by atoms with Crippen LogP contribution < -0.4 is 0 Å². The van der Waals surface area contributed by atoms with Crippen molar-refractivity contribution >= 4 is 28.7 Å². The molecule has 39 heavy (non-hydrogen) atoms. The Morgan fingerprint density at radius 3 is 1.31 bits per heavy atom. The van der Waals surface area contributed by atoms with Gasteiger partial charge in [0.1, 0.15) is 11.1 Å². The van der Waals surface area contributed by atoms with Crippen molar-refractivity contribution in [1.82, 2.24) is 0 Å². The first kappa shape index (κ1) is 26.1. The molecule has 4 bridgehead atoms. The normalized spacial score (nSPS) is 28.7. The summed E-state index contributed by atoms with van der Waals surface area (Å²) in [7, 11) is 0. The monoisotopic (exact) mass is 540 g/mol. The van der Waals surface area contributed by atoms with Crippen molar-refractivity contribution in [2.24, 2.45) is 11.3 Å². The molecule has 0 spiro atoms. The van der Waals surface area contributed by atoms with Gasteiger partial charge >= 0.3 is 5.97 Å². The number of carboxylic acids is 1. The van der Waals surface area contributed by atoms with Gasteiger partial charge < -0.3 is 5.11 Å². The first-order chi connectivity index (χ1) is 18.1. The van der Waals surface area contributed by atoms with Crippen LogP contribution in [0.5, 0.6) is 0 Å². The Balaban J connectivity index is 1.78. The van der Waals surface area contributed by atoms with Gasteiger partial charge in [-0.1, -0.05) is 0 Å². The summed E-state index contributed by atoms with van der Waals surface area (Å²) < 4.78 is 0. The van der Waals surface area contributed by atoms with E-state index in [1.165, 1.54) is 38.1 Å². The number of hydrogen-bond donors (Lipinski definition) is 1. The molecule has 14 heteroatoms. The highest BCUT2D eigenvalue weighted by Gasteiger charge is 2.67. The van der Waals surface area contributed by atoms with E-state index in [0.29, 0.717) is 19.3 Å². The molecule has 4 saturated carbocycles. The first-order valence-corrected chi connectivity index (χ1v) is 12.2. The molecule has 0 aromatic heterocycles. The van der Waals surface area contributed by atoms with Crippen LogP contribution in [0.25, 0.3) is 0 Å².